The molecule has 0 radical (unpaired) electrons. The number of sulfonamides is 1. The van der Waals surface area contributed by atoms with Crippen LogP contribution in [0.1, 0.15) is 15.9 Å². The highest BCUT2D eigenvalue weighted by molar-refractivity contribution is 7.92. The molecule has 0 heterocycles. The molecule has 0 bridgehead atoms. The molecule has 0 fully saturated rings. The zero-order valence-corrected chi connectivity index (χ0v) is 18.0. The second-order valence-corrected chi connectivity index (χ2v) is 7.82. The highest BCUT2D eigenvalue weighted by Crippen LogP contribution is 2.22. The van der Waals surface area contributed by atoms with E-state index in [0.29, 0.717) is 30.1 Å². The van der Waals surface area contributed by atoms with E-state index < -0.39 is 10.0 Å². The maximum atomic E-state index is 12.7. The number of likely N-dealkylation sites (N-methyl/N-ethyl adjacent to an activating group) is 2. The zero-order chi connectivity index (χ0) is 20.0. The number of nitrogens with zero attached hydrogens (tertiary/aromatic N) is 1. The maximum Gasteiger partial charge on any atom is 0.261 e. The Kier molecular flexibility index (Phi) is 8.74. The number of halogens is 1. The number of amides is 1. The molecule has 0 atom stereocenters. The molecule has 2 rings (SSSR count). The number of methoxy groups -OCH3 is 1. The van der Waals surface area contributed by atoms with E-state index in [4.69, 9.17) is 4.74 Å². The van der Waals surface area contributed by atoms with Crippen molar-refractivity contribution in [2.45, 2.75) is 11.8 Å². The van der Waals surface area contributed by atoms with Gasteiger partial charge >= 0.3 is 0 Å². The first-order valence-corrected chi connectivity index (χ1v) is 9.94. The molecule has 0 aliphatic rings. The first kappa shape index (κ1) is 23.7. The monoisotopic (exact) mass is 427 g/mol. The molecule has 0 saturated heterocycles. The minimum atomic E-state index is -3.82. The van der Waals surface area contributed by atoms with Gasteiger partial charge in [-0.05, 0) is 55.9 Å². The predicted octanol–water partition coefficient (Wildman–Crippen LogP) is 2.52. The molecule has 0 aromatic heterocycles. The van der Waals surface area contributed by atoms with Crippen molar-refractivity contribution in [3.8, 4) is 5.75 Å². The van der Waals surface area contributed by atoms with Crippen molar-refractivity contribution < 1.29 is 17.9 Å². The fraction of sp³-hybridized carbons (Fsp3) is 0.316. The molecule has 28 heavy (non-hydrogen) atoms. The van der Waals surface area contributed by atoms with E-state index in [-0.39, 0.29) is 23.2 Å². The van der Waals surface area contributed by atoms with Crippen molar-refractivity contribution in [1.82, 2.24) is 10.2 Å². The molecule has 1 amide bonds. The van der Waals surface area contributed by atoms with Gasteiger partial charge in [-0.15, -0.1) is 12.4 Å². The van der Waals surface area contributed by atoms with Crippen LogP contribution in [-0.4, -0.2) is 53.5 Å². The summed E-state index contributed by atoms with van der Waals surface area (Å²) in [4.78, 5) is 14.2. The molecule has 2 N–H and O–H groups in total. The van der Waals surface area contributed by atoms with E-state index in [1.807, 2.05) is 7.05 Å². The lowest BCUT2D eigenvalue weighted by molar-refractivity contribution is 0.0796. The van der Waals surface area contributed by atoms with Crippen molar-refractivity contribution in [3.05, 3.63) is 53.6 Å². The van der Waals surface area contributed by atoms with E-state index in [0.717, 1.165) is 5.56 Å². The van der Waals surface area contributed by atoms with E-state index >= 15 is 0 Å². The van der Waals surface area contributed by atoms with E-state index in [2.05, 4.69) is 10.0 Å². The fourth-order valence-electron chi connectivity index (χ4n) is 2.46. The molecule has 0 saturated carbocycles. The first-order chi connectivity index (χ1) is 12.8. The normalized spacial score (nSPS) is 10.7. The van der Waals surface area contributed by atoms with Crippen LogP contribution in [0.5, 0.6) is 5.75 Å². The summed E-state index contributed by atoms with van der Waals surface area (Å²) in [6.07, 6.45) is 0. The summed E-state index contributed by atoms with van der Waals surface area (Å²) in [5.41, 5.74) is 1.50. The standard InChI is InChI=1S/C19H25N3O4S.ClH/c1-14-5-10-17(13-18(14)19(23)22(3)12-11-20-2)27(24,25)21-15-6-8-16(26-4)9-7-15;/h5-10,13,20-21H,11-12H2,1-4H3;1H. The molecule has 9 heteroatoms. The van der Waals surface area contributed by atoms with Crippen molar-refractivity contribution in [1.29, 1.82) is 0 Å². The Labute approximate surface area is 172 Å². The van der Waals surface area contributed by atoms with Gasteiger partial charge in [-0.3, -0.25) is 9.52 Å². The average molecular weight is 428 g/mol. The summed E-state index contributed by atoms with van der Waals surface area (Å²) in [6.45, 7) is 2.96. The molecule has 7 nitrogen and oxygen atoms in total. The number of hydrogen-bond donors (Lipinski definition) is 2. The Balaban J connectivity index is 0.00000392. The lowest BCUT2D eigenvalue weighted by Gasteiger charge is -2.19. The molecule has 0 aliphatic heterocycles. The Hall–Kier alpha value is -2.29. The second-order valence-electron chi connectivity index (χ2n) is 6.14. The van der Waals surface area contributed by atoms with Gasteiger partial charge in [-0.1, -0.05) is 6.07 Å². The molecule has 0 aliphatic carbocycles. The number of rotatable bonds is 8. The van der Waals surface area contributed by atoms with Crippen molar-refractivity contribution in [3.63, 3.8) is 0 Å². The van der Waals surface area contributed by atoms with Crippen LogP contribution in [0.4, 0.5) is 5.69 Å². The van der Waals surface area contributed by atoms with Gasteiger partial charge in [0.05, 0.1) is 12.0 Å². The van der Waals surface area contributed by atoms with Crippen LogP contribution in [0.3, 0.4) is 0 Å². The molecule has 0 spiro atoms. The molecular formula is C19H26ClN3O4S. The number of hydrogen-bond acceptors (Lipinski definition) is 5. The number of nitrogens with one attached hydrogen (secondary N) is 2. The van der Waals surface area contributed by atoms with E-state index in [1.54, 1.807) is 49.2 Å². The Bertz CT molecular complexity index is 902. The third-order valence-corrected chi connectivity index (χ3v) is 5.51. The van der Waals surface area contributed by atoms with Crippen LogP contribution in [-0.2, 0) is 10.0 Å². The predicted molar refractivity (Wildman–Crippen MR) is 113 cm³/mol. The van der Waals surface area contributed by atoms with Crippen LogP contribution in [0.25, 0.3) is 0 Å². The largest absolute Gasteiger partial charge is 0.497 e. The van der Waals surface area contributed by atoms with Crippen molar-refractivity contribution >= 4 is 34.0 Å². The van der Waals surface area contributed by atoms with Crippen LogP contribution in [0.2, 0.25) is 0 Å². The number of anilines is 1. The van der Waals surface area contributed by atoms with Gasteiger partial charge in [0.15, 0.2) is 0 Å². The lowest BCUT2D eigenvalue weighted by atomic mass is 10.1. The zero-order valence-electron chi connectivity index (χ0n) is 16.4. The third kappa shape index (κ3) is 5.85. The average Bonchev–Trinajstić information content (AvgIpc) is 2.66. The number of ether oxygens (including phenoxy) is 1. The third-order valence-electron chi connectivity index (χ3n) is 4.14. The number of carbonyl (C=O) groups excluding carboxylic acids is 1. The molecule has 2 aromatic rings. The summed E-state index contributed by atoms with van der Waals surface area (Å²) < 4.78 is 33.0. The minimum absolute atomic E-state index is 0. The van der Waals surface area contributed by atoms with Gasteiger partial charge in [0.1, 0.15) is 5.75 Å². The smallest absolute Gasteiger partial charge is 0.261 e. The Morgan fingerprint density at radius 1 is 1.14 bits per heavy atom. The summed E-state index contributed by atoms with van der Waals surface area (Å²) in [7, 11) is 1.21. The summed E-state index contributed by atoms with van der Waals surface area (Å²) >= 11 is 0. The van der Waals surface area contributed by atoms with E-state index in [1.165, 1.54) is 19.2 Å². The van der Waals surface area contributed by atoms with Gasteiger partial charge < -0.3 is 15.0 Å². The van der Waals surface area contributed by atoms with E-state index in [9.17, 15) is 13.2 Å². The maximum absolute atomic E-state index is 12.7. The van der Waals surface area contributed by atoms with Gasteiger partial charge in [0.25, 0.3) is 15.9 Å². The Morgan fingerprint density at radius 3 is 2.36 bits per heavy atom. The van der Waals surface area contributed by atoms with Gasteiger partial charge in [-0.25, -0.2) is 8.42 Å². The Morgan fingerprint density at radius 2 is 1.79 bits per heavy atom. The molecular weight excluding hydrogens is 402 g/mol. The minimum Gasteiger partial charge on any atom is -0.497 e. The summed E-state index contributed by atoms with van der Waals surface area (Å²) in [5.74, 6) is 0.412. The quantitative estimate of drug-likeness (QED) is 0.675. The lowest BCUT2D eigenvalue weighted by Crippen LogP contribution is -2.33. The van der Waals surface area contributed by atoms with Gasteiger partial charge in [0.2, 0.25) is 0 Å². The highest BCUT2D eigenvalue weighted by Gasteiger charge is 2.20. The first-order valence-electron chi connectivity index (χ1n) is 8.46. The fourth-order valence-corrected chi connectivity index (χ4v) is 3.54. The number of carbonyl (C=O) groups is 1. The number of benzene rings is 2. The molecule has 2 aromatic carbocycles. The van der Waals surface area contributed by atoms with Crippen LogP contribution < -0.4 is 14.8 Å². The van der Waals surface area contributed by atoms with Gasteiger partial charge in [0, 0.05) is 31.4 Å². The highest BCUT2D eigenvalue weighted by atomic mass is 35.5. The van der Waals surface area contributed by atoms with Crippen LogP contribution in [0, 0.1) is 6.92 Å². The van der Waals surface area contributed by atoms with Gasteiger partial charge in [-0.2, -0.15) is 0 Å². The van der Waals surface area contributed by atoms with Crippen molar-refractivity contribution in [2.75, 3.05) is 39.0 Å². The van der Waals surface area contributed by atoms with Crippen LogP contribution in [0.15, 0.2) is 47.4 Å². The number of aryl methyl sites for hydroxylation is 1. The summed E-state index contributed by atoms with van der Waals surface area (Å²) in [5, 5.41) is 2.98. The summed E-state index contributed by atoms with van der Waals surface area (Å²) in [6, 6.07) is 11.1. The second kappa shape index (κ2) is 10.3. The topological polar surface area (TPSA) is 87.7 Å². The van der Waals surface area contributed by atoms with Crippen molar-refractivity contribution in [2.24, 2.45) is 0 Å². The molecule has 0 unspecified atom stereocenters. The SMILES string of the molecule is CNCCN(C)C(=O)c1cc(S(=O)(=O)Nc2ccc(OC)cc2)ccc1C.Cl. The van der Waals surface area contributed by atoms with Crippen LogP contribution >= 0.6 is 12.4 Å². The molecule has 154 valence electrons.